The predicted molar refractivity (Wildman–Crippen MR) is 132 cm³/mol. The van der Waals surface area contributed by atoms with Crippen LogP contribution in [0.5, 0.6) is 0 Å². The first-order valence-corrected chi connectivity index (χ1v) is 12.0. The molecule has 0 bridgehead atoms. The Morgan fingerprint density at radius 1 is 1.37 bits per heavy atom. The summed E-state index contributed by atoms with van der Waals surface area (Å²) in [5, 5.41) is 2.70. The Hall–Kier alpha value is -3.09. The molecule has 188 valence electrons. The van der Waals surface area contributed by atoms with E-state index in [0.29, 0.717) is 25.3 Å². The van der Waals surface area contributed by atoms with E-state index in [0.717, 1.165) is 36.3 Å². The van der Waals surface area contributed by atoms with E-state index in [-0.39, 0.29) is 44.5 Å². The number of nitrogens with zero attached hydrogens (tertiary/aromatic N) is 3. The fourth-order valence-corrected chi connectivity index (χ4v) is 5.64. The number of benzene rings is 1. The molecule has 1 saturated carbocycles. The number of thiazole rings is 1. The average molecular weight is 506 g/mol. The van der Waals surface area contributed by atoms with Gasteiger partial charge in [-0.25, -0.2) is 13.8 Å². The van der Waals surface area contributed by atoms with E-state index in [1.54, 1.807) is 14.2 Å². The molecular weight excluding hydrogens is 476 g/mol. The van der Waals surface area contributed by atoms with Crippen molar-refractivity contribution in [3.05, 3.63) is 47.4 Å². The largest absolute Gasteiger partial charge is 0.403 e. The Bertz CT molecular complexity index is 1160. The number of halogens is 2. The van der Waals surface area contributed by atoms with Crippen molar-refractivity contribution >= 4 is 28.1 Å². The first-order chi connectivity index (χ1) is 16.7. The van der Waals surface area contributed by atoms with Crippen LogP contribution in [0.25, 0.3) is 10.6 Å². The van der Waals surface area contributed by atoms with E-state index < -0.39 is 17.5 Å². The summed E-state index contributed by atoms with van der Waals surface area (Å²) in [5.74, 6) is -1.76. The van der Waals surface area contributed by atoms with Crippen LogP contribution in [-0.2, 0) is 4.74 Å². The number of carbonyl (C=O) groups excluding carboxylic acids is 1. The zero-order chi connectivity index (χ0) is 25.3. The van der Waals surface area contributed by atoms with Gasteiger partial charge in [0.2, 0.25) is 0 Å². The Morgan fingerprint density at radius 2 is 2.06 bits per heavy atom. The van der Waals surface area contributed by atoms with Crippen molar-refractivity contribution in [2.75, 3.05) is 33.0 Å². The number of likely N-dealkylation sites (tertiary alicyclic amines) is 1. The van der Waals surface area contributed by atoms with Gasteiger partial charge in [-0.2, -0.15) is 0 Å². The monoisotopic (exact) mass is 505 g/mol. The second-order valence-corrected chi connectivity index (χ2v) is 9.83. The lowest BCUT2D eigenvalue weighted by Gasteiger charge is -2.31. The molecule has 1 spiro atoms. The van der Waals surface area contributed by atoms with Crippen LogP contribution in [0.15, 0.2) is 35.1 Å². The number of ether oxygens (including phenoxy) is 1. The van der Waals surface area contributed by atoms with Gasteiger partial charge in [-0.3, -0.25) is 9.79 Å². The van der Waals surface area contributed by atoms with Crippen LogP contribution in [0.2, 0.25) is 0 Å². The van der Waals surface area contributed by atoms with Crippen molar-refractivity contribution in [2.24, 2.45) is 21.9 Å². The number of anilines is 1. The smallest absolute Gasteiger partial charge is 0.277 e. The van der Waals surface area contributed by atoms with E-state index in [9.17, 15) is 13.6 Å². The van der Waals surface area contributed by atoms with Gasteiger partial charge in [0, 0.05) is 44.9 Å². The maximum absolute atomic E-state index is 14.2. The Balaban J connectivity index is 1.56. The van der Waals surface area contributed by atoms with Gasteiger partial charge in [-0.1, -0.05) is 17.4 Å². The lowest BCUT2D eigenvalue weighted by atomic mass is 9.93. The van der Waals surface area contributed by atoms with Crippen molar-refractivity contribution in [3.63, 3.8) is 0 Å². The summed E-state index contributed by atoms with van der Waals surface area (Å²) in [4.78, 5) is 23.6. The predicted octanol–water partition coefficient (Wildman–Crippen LogP) is 2.06. The number of aromatic nitrogens is 1. The minimum absolute atomic E-state index is 0.0205. The molecule has 2 heterocycles. The topological polar surface area (TPSA) is 145 Å². The molecule has 1 aromatic carbocycles. The molecule has 2 unspecified atom stereocenters. The highest BCUT2D eigenvalue weighted by Gasteiger charge is 2.54. The number of amidine groups is 1. The van der Waals surface area contributed by atoms with Crippen LogP contribution < -0.4 is 22.5 Å². The maximum atomic E-state index is 14.2. The van der Waals surface area contributed by atoms with Crippen LogP contribution in [0.4, 0.5) is 13.8 Å². The first kappa shape index (κ1) is 25.0. The third kappa shape index (κ3) is 4.73. The Labute approximate surface area is 206 Å². The van der Waals surface area contributed by atoms with Crippen molar-refractivity contribution < 1.29 is 18.3 Å². The molecule has 2 atom stereocenters. The minimum atomic E-state index is -0.795. The van der Waals surface area contributed by atoms with Gasteiger partial charge >= 0.3 is 0 Å². The maximum Gasteiger partial charge on any atom is 0.277 e. The van der Waals surface area contributed by atoms with Gasteiger partial charge in [0.05, 0.1) is 17.4 Å². The number of nitrogen functional groups attached to an aromatic ring is 1. The number of nitrogens with one attached hydrogen (secondary N) is 1. The molecule has 35 heavy (non-hydrogen) atoms. The molecule has 1 aromatic heterocycles. The van der Waals surface area contributed by atoms with Gasteiger partial charge in [0.15, 0.2) is 5.69 Å². The Morgan fingerprint density at radius 3 is 2.63 bits per heavy atom. The Kier molecular flexibility index (Phi) is 7.06. The number of carbonyl (C=O) groups is 1. The molecule has 2 fully saturated rings. The molecule has 1 amide bonds. The highest BCUT2D eigenvalue weighted by molar-refractivity contribution is 7.19. The van der Waals surface area contributed by atoms with Gasteiger partial charge < -0.3 is 32.2 Å². The SMILES string of the molecule is CN=C(/C(=C\N)NC(=O)c1nc(-c2c(F)cccc2F)sc1N)N1CCC(N)C(OC)C2(CC2)C1. The van der Waals surface area contributed by atoms with Gasteiger partial charge in [-0.05, 0) is 31.4 Å². The minimum Gasteiger partial charge on any atom is -0.403 e. The van der Waals surface area contributed by atoms with E-state index in [1.807, 2.05) is 0 Å². The lowest BCUT2D eigenvalue weighted by Crippen LogP contribution is -2.44. The zero-order valence-corrected chi connectivity index (χ0v) is 20.4. The van der Waals surface area contributed by atoms with Crippen LogP contribution in [0, 0.1) is 17.0 Å². The number of rotatable bonds is 5. The summed E-state index contributed by atoms with van der Waals surface area (Å²) in [7, 11) is 3.29. The highest BCUT2D eigenvalue weighted by Crippen LogP contribution is 2.52. The summed E-state index contributed by atoms with van der Waals surface area (Å²) in [6.07, 6.45) is 3.86. The third-order valence-electron chi connectivity index (χ3n) is 6.59. The summed E-state index contributed by atoms with van der Waals surface area (Å²) in [6, 6.07) is 3.36. The standard InChI is InChI=1S/C23H29F2N7O2S/c1-29-20(32-9-6-14(27)18(34-2)23(11-32)7-8-23)15(10-26)30-21(33)17-19(28)35-22(31-17)16-12(24)4-3-5-13(16)25/h3-5,10,14,18H,6-9,11,26-28H2,1-2H3,(H,30,33)/b15-10+,29-20?. The first-order valence-electron chi connectivity index (χ1n) is 11.2. The van der Waals surface area contributed by atoms with Gasteiger partial charge in [-0.15, -0.1) is 0 Å². The lowest BCUT2D eigenvalue weighted by molar-refractivity contribution is 0.0232. The number of hydrogen-bond acceptors (Lipinski definition) is 8. The summed E-state index contributed by atoms with van der Waals surface area (Å²) >= 11 is 0.821. The van der Waals surface area contributed by atoms with Crippen molar-refractivity contribution in [1.29, 1.82) is 0 Å². The number of methoxy groups -OCH3 is 1. The molecule has 2 aliphatic rings. The molecule has 1 aliphatic carbocycles. The molecule has 7 N–H and O–H groups in total. The number of aliphatic imine (C=N–C) groups is 1. The summed E-state index contributed by atoms with van der Waals surface area (Å²) < 4.78 is 34.1. The van der Waals surface area contributed by atoms with E-state index in [2.05, 4.69) is 20.2 Å². The van der Waals surface area contributed by atoms with Gasteiger partial charge in [0.25, 0.3) is 5.91 Å². The number of nitrogens with two attached hydrogens (primary N) is 3. The highest BCUT2D eigenvalue weighted by atomic mass is 32.1. The quantitative estimate of drug-likeness (QED) is 0.359. The van der Waals surface area contributed by atoms with Crippen molar-refractivity contribution in [3.8, 4) is 10.6 Å². The fourth-order valence-electron chi connectivity index (χ4n) is 4.76. The van der Waals surface area contributed by atoms with Crippen LogP contribution in [-0.4, -0.2) is 61.0 Å². The zero-order valence-electron chi connectivity index (χ0n) is 19.6. The second-order valence-electron chi connectivity index (χ2n) is 8.80. The molecule has 0 radical (unpaired) electrons. The van der Waals surface area contributed by atoms with E-state index in [4.69, 9.17) is 21.9 Å². The molecule has 1 saturated heterocycles. The van der Waals surface area contributed by atoms with E-state index >= 15 is 0 Å². The van der Waals surface area contributed by atoms with Crippen LogP contribution in [0.1, 0.15) is 29.8 Å². The van der Waals surface area contributed by atoms with Crippen molar-refractivity contribution in [2.45, 2.75) is 31.4 Å². The van der Waals surface area contributed by atoms with E-state index in [1.165, 1.54) is 12.3 Å². The number of hydrogen-bond donors (Lipinski definition) is 4. The average Bonchev–Trinajstić information content (AvgIpc) is 3.52. The summed E-state index contributed by atoms with van der Waals surface area (Å²) in [5.41, 5.74) is 18.0. The van der Waals surface area contributed by atoms with Gasteiger partial charge in [0.1, 0.15) is 27.5 Å². The molecule has 9 nitrogen and oxygen atoms in total. The third-order valence-corrected chi connectivity index (χ3v) is 7.49. The molecule has 1 aliphatic heterocycles. The van der Waals surface area contributed by atoms with Crippen molar-refractivity contribution in [1.82, 2.24) is 15.2 Å². The molecule has 12 heteroatoms. The molecule has 4 rings (SSSR count). The van der Waals surface area contributed by atoms with Crippen LogP contribution in [0.3, 0.4) is 0 Å². The molecule has 2 aromatic rings. The molecular formula is C23H29F2N7O2S. The number of amides is 1. The van der Waals surface area contributed by atoms with Crippen LogP contribution >= 0.6 is 11.3 Å². The second kappa shape index (κ2) is 9.88. The fraction of sp³-hybridized carbons (Fsp3) is 0.435. The summed E-state index contributed by atoms with van der Waals surface area (Å²) in [6.45, 7) is 1.27. The normalized spacial score (nSPS) is 22.3.